The van der Waals surface area contributed by atoms with Crippen LogP contribution in [-0.2, 0) is 6.42 Å². The number of nitrogens with two attached hydrogens (primary N) is 2. The number of aromatic nitrogens is 1. The summed E-state index contributed by atoms with van der Waals surface area (Å²) in [5, 5.41) is 3.36. The number of hydrogen-bond acceptors (Lipinski definition) is 5. The fourth-order valence-electron chi connectivity index (χ4n) is 1.79. The largest absolute Gasteiger partial charge is 0.399 e. The number of nitrogen functional groups attached to an aromatic ring is 2. The van der Waals surface area contributed by atoms with Crippen molar-refractivity contribution in [2.75, 3.05) is 16.8 Å². The number of benzene rings is 1. The Balaban J connectivity index is 2.20. The van der Waals surface area contributed by atoms with Crippen LogP contribution in [0.15, 0.2) is 18.2 Å². The van der Waals surface area contributed by atoms with Crippen LogP contribution in [0, 0.1) is 6.92 Å². The van der Waals surface area contributed by atoms with Crippen molar-refractivity contribution in [3.63, 3.8) is 0 Å². The average Bonchev–Trinajstić information content (AvgIpc) is 2.68. The molecule has 6 heteroatoms. The molecule has 1 heterocycles. The Morgan fingerprint density at radius 2 is 1.95 bits per heavy atom. The second-order valence-electron chi connectivity index (χ2n) is 4.22. The summed E-state index contributed by atoms with van der Waals surface area (Å²) in [7, 11) is 0. The molecule has 5 N–H and O–H groups in total. The second-order valence-corrected chi connectivity index (χ2v) is 5.42. The number of anilines is 3. The summed E-state index contributed by atoms with van der Waals surface area (Å²) >= 11 is 1.46. The van der Waals surface area contributed by atoms with E-state index in [0.29, 0.717) is 22.1 Å². The van der Waals surface area contributed by atoms with Gasteiger partial charge in [-0.2, -0.15) is 0 Å². The number of amides is 1. The molecule has 1 amide bonds. The predicted molar refractivity (Wildman–Crippen MR) is 79.4 cm³/mol. The summed E-state index contributed by atoms with van der Waals surface area (Å²) in [5.74, 6) is -0.254. The highest BCUT2D eigenvalue weighted by Gasteiger charge is 2.11. The van der Waals surface area contributed by atoms with Crippen molar-refractivity contribution in [1.82, 2.24) is 4.98 Å². The number of thiazole rings is 1. The van der Waals surface area contributed by atoms with Gasteiger partial charge in [0.15, 0.2) is 5.13 Å². The van der Waals surface area contributed by atoms with Crippen LogP contribution >= 0.6 is 11.3 Å². The first-order valence-corrected chi connectivity index (χ1v) is 6.75. The van der Waals surface area contributed by atoms with Gasteiger partial charge >= 0.3 is 0 Å². The lowest BCUT2D eigenvalue weighted by Gasteiger charge is -2.04. The lowest BCUT2D eigenvalue weighted by molar-refractivity contribution is 0.102. The maximum Gasteiger partial charge on any atom is 0.257 e. The zero-order valence-corrected chi connectivity index (χ0v) is 11.7. The van der Waals surface area contributed by atoms with Crippen LogP contribution in [-0.4, -0.2) is 10.9 Å². The van der Waals surface area contributed by atoms with Crippen LogP contribution < -0.4 is 16.8 Å². The van der Waals surface area contributed by atoms with E-state index in [1.165, 1.54) is 11.3 Å². The first kappa shape index (κ1) is 13.4. The van der Waals surface area contributed by atoms with Crippen molar-refractivity contribution < 1.29 is 4.79 Å². The quantitative estimate of drug-likeness (QED) is 0.750. The highest BCUT2D eigenvalue weighted by atomic mass is 32.1. The van der Waals surface area contributed by atoms with Gasteiger partial charge in [-0.25, -0.2) is 4.98 Å². The molecule has 2 rings (SSSR count). The fourth-order valence-corrected chi connectivity index (χ4v) is 2.68. The van der Waals surface area contributed by atoms with E-state index in [9.17, 15) is 4.79 Å². The lowest BCUT2D eigenvalue weighted by Crippen LogP contribution is -2.12. The topological polar surface area (TPSA) is 94.0 Å². The highest BCUT2D eigenvalue weighted by molar-refractivity contribution is 7.15. The first-order valence-electron chi connectivity index (χ1n) is 5.93. The monoisotopic (exact) mass is 276 g/mol. The van der Waals surface area contributed by atoms with Gasteiger partial charge < -0.3 is 11.5 Å². The highest BCUT2D eigenvalue weighted by Crippen LogP contribution is 2.23. The molecule has 0 unspecified atom stereocenters. The van der Waals surface area contributed by atoms with Gasteiger partial charge in [0.05, 0.1) is 5.69 Å². The van der Waals surface area contributed by atoms with Gasteiger partial charge in [-0.1, -0.05) is 6.92 Å². The third kappa shape index (κ3) is 3.03. The molecule has 0 aliphatic carbocycles. The molecule has 0 radical (unpaired) electrons. The molecule has 2 aromatic rings. The van der Waals surface area contributed by atoms with Gasteiger partial charge in [-0.15, -0.1) is 11.3 Å². The molecule has 0 spiro atoms. The Morgan fingerprint density at radius 3 is 2.47 bits per heavy atom. The Labute approximate surface area is 115 Å². The van der Waals surface area contributed by atoms with E-state index in [0.717, 1.165) is 17.0 Å². The van der Waals surface area contributed by atoms with Crippen molar-refractivity contribution in [1.29, 1.82) is 0 Å². The maximum absolute atomic E-state index is 12.1. The van der Waals surface area contributed by atoms with Crippen LogP contribution in [0.5, 0.6) is 0 Å². The van der Waals surface area contributed by atoms with E-state index >= 15 is 0 Å². The van der Waals surface area contributed by atoms with Crippen LogP contribution in [0.3, 0.4) is 0 Å². The van der Waals surface area contributed by atoms with Crippen molar-refractivity contribution in [3.05, 3.63) is 34.3 Å². The fraction of sp³-hybridized carbons (Fsp3) is 0.231. The summed E-state index contributed by atoms with van der Waals surface area (Å²) in [6.45, 7) is 4.02. The number of nitrogens with zero attached hydrogens (tertiary/aromatic N) is 1. The third-order valence-electron chi connectivity index (χ3n) is 2.69. The van der Waals surface area contributed by atoms with Crippen molar-refractivity contribution in [2.45, 2.75) is 20.3 Å². The minimum atomic E-state index is -0.254. The standard InChI is InChI=1S/C13H16N4OS/c1-3-11-7(2)19-13(16-11)17-12(18)8-4-9(14)6-10(15)5-8/h4-6H,3,14-15H2,1-2H3,(H,16,17,18). The van der Waals surface area contributed by atoms with Gasteiger partial charge in [0.1, 0.15) is 0 Å². The van der Waals surface area contributed by atoms with Gasteiger partial charge in [0.2, 0.25) is 0 Å². The molecule has 0 saturated carbocycles. The molecule has 0 saturated heterocycles. The van der Waals surface area contributed by atoms with Crippen LogP contribution in [0.4, 0.5) is 16.5 Å². The summed E-state index contributed by atoms with van der Waals surface area (Å²) in [4.78, 5) is 17.6. The summed E-state index contributed by atoms with van der Waals surface area (Å²) in [6, 6.07) is 4.79. The van der Waals surface area contributed by atoms with Gasteiger partial charge in [-0.3, -0.25) is 10.1 Å². The lowest BCUT2D eigenvalue weighted by atomic mass is 10.1. The van der Waals surface area contributed by atoms with E-state index in [4.69, 9.17) is 11.5 Å². The van der Waals surface area contributed by atoms with E-state index < -0.39 is 0 Å². The minimum Gasteiger partial charge on any atom is -0.399 e. The Hall–Kier alpha value is -2.08. The van der Waals surface area contributed by atoms with Gasteiger partial charge in [0.25, 0.3) is 5.91 Å². The molecule has 0 fully saturated rings. The molecule has 1 aromatic heterocycles. The summed E-state index contributed by atoms with van der Waals surface area (Å²) in [6.07, 6.45) is 0.851. The van der Waals surface area contributed by atoms with E-state index in [1.807, 2.05) is 13.8 Å². The molecular weight excluding hydrogens is 260 g/mol. The summed E-state index contributed by atoms with van der Waals surface area (Å²) in [5.41, 5.74) is 13.7. The molecule has 0 aliphatic rings. The van der Waals surface area contributed by atoms with E-state index in [1.54, 1.807) is 18.2 Å². The molecule has 5 nitrogen and oxygen atoms in total. The molecule has 0 atom stereocenters. The number of nitrogens with one attached hydrogen (secondary N) is 1. The second kappa shape index (κ2) is 5.27. The molecule has 1 aromatic carbocycles. The molecule has 100 valence electrons. The maximum atomic E-state index is 12.1. The number of aryl methyl sites for hydroxylation is 2. The van der Waals surface area contributed by atoms with Crippen LogP contribution in [0.25, 0.3) is 0 Å². The van der Waals surface area contributed by atoms with Crippen molar-refractivity contribution in [3.8, 4) is 0 Å². The van der Waals surface area contributed by atoms with Crippen LogP contribution in [0.2, 0.25) is 0 Å². The molecular formula is C13H16N4OS. The van der Waals surface area contributed by atoms with Crippen LogP contribution in [0.1, 0.15) is 27.9 Å². The third-order valence-corrected chi connectivity index (χ3v) is 3.62. The van der Waals surface area contributed by atoms with Crippen molar-refractivity contribution >= 4 is 33.8 Å². The zero-order valence-electron chi connectivity index (χ0n) is 10.9. The SMILES string of the molecule is CCc1nc(NC(=O)c2cc(N)cc(N)c2)sc1C. The Bertz CT molecular complexity index is 601. The molecule has 0 aliphatic heterocycles. The smallest absolute Gasteiger partial charge is 0.257 e. The average molecular weight is 276 g/mol. The van der Waals surface area contributed by atoms with E-state index in [-0.39, 0.29) is 5.91 Å². The zero-order chi connectivity index (χ0) is 14.0. The van der Waals surface area contributed by atoms with Gasteiger partial charge in [0, 0.05) is 21.8 Å². The molecule has 19 heavy (non-hydrogen) atoms. The number of hydrogen-bond donors (Lipinski definition) is 3. The Morgan fingerprint density at radius 1 is 1.32 bits per heavy atom. The summed E-state index contributed by atoms with van der Waals surface area (Å²) < 4.78 is 0. The van der Waals surface area contributed by atoms with Gasteiger partial charge in [-0.05, 0) is 31.5 Å². The number of carbonyl (C=O) groups excluding carboxylic acids is 1. The van der Waals surface area contributed by atoms with Crippen molar-refractivity contribution in [2.24, 2.45) is 0 Å². The Kier molecular flexibility index (Phi) is 3.71. The normalized spacial score (nSPS) is 10.4. The minimum absolute atomic E-state index is 0.254. The molecule has 0 bridgehead atoms. The first-order chi connectivity index (χ1) is 8.99. The number of carbonyl (C=O) groups is 1. The van der Waals surface area contributed by atoms with E-state index in [2.05, 4.69) is 10.3 Å². The number of rotatable bonds is 3. The predicted octanol–water partition coefficient (Wildman–Crippen LogP) is 2.43.